The van der Waals surface area contributed by atoms with Crippen LogP contribution in [0.3, 0.4) is 0 Å². The molecule has 0 radical (unpaired) electrons. The van der Waals surface area contributed by atoms with E-state index in [-0.39, 0.29) is 30.9 Å². The van der Waals surface area contributed by atoms with Crippen molar-refractivity contribution in [2.24, 2.45) is 5.92 Å². The largest absolute Gasteiger partial charge is 0.484 e. The topological polar surface area (TPSA) is 71.8 Å². The Labute approximate surface area is 201 Å². The van der Waals surface area contributed by atoms with Crippen LogP contribution in [0.5, 0.6) is 5.75 Å². The van der Waals surface area contributed by atoms with E-state index in [1.165, 1.54) is 12.1 Å². The molecule has 1 atom stereocenters. The number of carboxylic acid groups (broad SMARTS) is 1. The van der Waals surface area contributed by atoms with Crippen molar-refractivity contribution in [3.05, 3.63) is 64.6 Å². The molecule has 1 N–H and O–H groups in total. The molecule has 8 heteroatoms. The molecule has 1 aromatic heterocycles. The quantitative estimate of drug-likeness (QED) is 0.503. The number of carbonyl (C=O) groups excluding carboxylic acids is 1. The zero-order valence-corrected chi connectivity index (χ0v) is 19.4. The van der Waals surface area contributed by atoms with Crippen LogP contribution in [0.25, 0.3) is 10.9 Å². The summed E-state index contributed by atoms with van der Waals surface area (Å²) in [6.07, 6.45) is 4.14. The van der Waals surface area contributed by atoms with E-state index in [0.717, 1.165) is 41.4 Å². The monoisotopic (exact) mass is 484 g/mol. The SMILES string of the molecule is O=C(O)Cn1c2c(c3cc(F)ccc31)C[C@@H](N(CC1CC1)C(=O)COc1cccc(Cl)c1)CC2. The third kappa shape index (κ3) is 4.75. The van der Waals surface area contributed by atoms with E-state index < -0.39 is 5.97 Å². The first-order valence-corrected chi connectivity index (χ1v) is 12.0. The molecule has 1 amide bonds. The molecular weight excluding hydrogens is 459 g/mol. The molecule has 2 aliphatic carbocycles. The van der Waals surface area contributed by atoms with Crippen LogP contribution in [-0.4, -0.2) is 45.6 Å². The van der Waals surface area contributed by atoms with Gasteiger partial charge in [0.1, 0.15) is 18.1 Å². The lowest BCUT2D eigenvalue weighted by Crippen LogP contribution is -2.46. The molecule has 0 aliphatic heterocycles. The molecule has 2 aliphatic rings. The van der Waals surface area contributed by atoms with Crippen LogP contribution < -0.4 is 4.74 Å². The third-order valence-electron chi connectivity index (χ3n) is 6.77. The van der Waals surface area contributed by atoms with Crippen molar-refractivity contribution >= 4 is 34.4 Å². The van der Waals surface area contributed by atoms with E-state index in [2.05, 4.69) is 0 Å². The van der Waals surface area contributed by atoms with Gasteiger partial charge in [-0.15, -0.1) is 0 Å². The standard InChI is InChI=1S/C26H26ClFN2O4/c27-17-2-1-3-20(10-17)34-15-25(31)29(13-16-4-5-16)19-7-9-24-22(12-19)21-11-18(28)6-8-23(21)30(24)14-26(32)33/h1-3,6,8,10-11,16,19H,4-5,7,9,12-15H2,(H,32,33)/t19-/m0/s1. The summed E-state index contributed by atoms with van der Waals surface area (Å²) in [5, 5.41) is 10.7. The number of hydrogen-bond donors (Lipinski definition) is 1. The number of halogens is 2. The van der Waals surface area contributed by atoms with E-state index in [1.807, 2.05) is 4.90 Å². The molecule has 2 aromatic carbocycles. The highest BCUT2D eigenvalue weighted by Crippen LogP contribution is 2.36. The highest BCUT2D eigenvalue weighted by atomic mass is 35.5. The number of aliphatic carboxylic acids is 1. The van der Waals surface area contributed by atoms with E-state index in [1.54, 1.807) is 34.9 Å². The minimum Gasteiger partial charge on any atom is -0.484 e. The normalized spacial score (nSPS) is 17.4. The second-order valence-electron chi connectivity index (χ2n) is 9.20. The second kappa shape index (κ2) is 9.29. The van der Waals surface area contributed by atoms with Crippen LogP contribution in [0, 0.1) is 11.7 Å². The van der Waals surface area contributed by atoms with Crippen LogP contribution in [-0.2, 0) is 29.0 Å². The molecule has 0 unspecified atom stereocenters. The zero-order valence-electron chi connectivity index (χ0n) is 18.7. The Morgan fingerprint density at radius 2 is 2.00 bits per heavy atom. The van der Waals surface area contributed by atoms with Crippen molar-refractivity contribution in [2.45, 2.75) is 44.7 Å². The Morgan fingerprint density at radius 1 is 1.18 bits per heavy atom. The Balaban J connectivity index is 1.40. The van der Waals surface area contributed by atoms with Crippen molar-refractivity contribution in [3.63, 3.8) is 0 Å². The Hall–Kier alpha value is -3.06. The van der Waals surface area contributed by atoms with Crippen molar-refractivity contribution in [2.75, 3.05) is 13.2 Å². The van der Waals surface area contributed by atoms with Crippen LogP contribution in [0.15, 0.2) is 42.5 Å². The number of benzene rings is 2. The molecule has 1 saturated carbocycles. The number of aromatic nitrogens is 1. The van der Waals surface area contributed by atoms with Crippen LogP contribution in [0.2, 0.25) is 5.02 Å². The number of rotatable bonds is 8. The van der Waals surface area contributed by atoms with Gasteiger partial charge in [-0.05, 0) is 80.0 Å². The molecule has 0 spiro atoms. The summed E-state index contributed by atoms with van der Waals surface area (Å²) >= 11 is 6.02. The second-order valence-corrected chi connectivity index (χ2v) is 9.64. The van der Waals surface area contributed by atoms with Crippen molar-refractivity contribution in [3.8, 4) is 5.75 Å². The predicted molar refractivity (Wildman–Crippen MR) is 127 cm³/mol. The van der Waals surface area contributed by atoms with E-state index >= 15 is 0 Å². The van der Waals surface area contributed by atoms with Gasteiger partial charge in [0.05, 0.1) is 0 Å². The Bertz CT molecular complexity index is 1250. The fourth-order valence-electron chi connectivity index (χ4n) is 5.00. The Morgan fingerprint density at radius 3 is 2.74 bits per heavy atom. The lowest BCUT2D eigenvalue weighted by molar-refractivity contribution is -0.137. The molecular formula is C26H26ClFN2O4. The number of nitrogens with zero attached hydrogens (tertiary/aromatic N) is 2. The first kappa shape index (κ1) is 22.7. The molecule has 6 nitrogen and oxygen atoms in total. The molecule has 0 saturated heterocycles. The van der Waals surface area contributed by atoms with Crippen molar-refractivity contribution in [1.82, 2.24) is 9.47 Å². The number of amides is 1. The molecule has 5 rings (SSSR count). The lowest BCUT2D eigenvalue weighted by atomic mass is 9.90. The maximum Gasteiger partial charge on any atom is 0.323 e. The van der Waals surface area contributed by atoms with Gasteiger partial charge in [0, 0.05) is 34.2 Å². The van der Waals surface area contributed by atoms with Crippen molar-refractivity contribution in [1.29, 1.82) is 0 Å². The maximum absolute atomic E-state index is 14.1. The fourth-order valence-corrected chi connectivity index (χ4v) is 5.18. The van der Waals surface area contributed by atoms with Crippen molar-refractivity contribution < 1.29 is 23.8 Å². The summed E-state index contributed by atoms with van der Waals surface area (Å²) in [5.74, 6) is -0.325. The minimum atomic E-state index is -0.935. The fraction of sp³-hybridized carbons (Fsp3) is 0.385. The van der Waals surface area contributed by atoms with Gasteiger partial charge in [-0.25, -0.2) is 4.39 Å². The molecule has 1 heterocycles. The van der Waals surface area contributed by atoms with Gasteiger partial charge in [0.2, 0.25) is 0 Å². The maximum atomic E-state index is 14.1. The van der Waals surface area contributed by atoms with E-state index in [4.69, 9.17) is 16.3 Å². The van der Waals surface area contributed by atoms with E-state index in [9.17, 15) is 19.1 Å². The van der Waals surface area contributed by atoms with Gasteiger partial charge >= 0.3 is 5.97 Å². The van der Waals surface area contributed by atoms with Gasteiger partial charge in [-0.1, -0.05) is 17.7 Å². The van der Waals surface area contributed by atoms with Gasteiger partial charge in [0.25, 0.3) is 5.91 Å². The number of ether oxygens (including phenoxy) is 1. The Kier molecular flexibility index (Phi) is 6.21. The van der Waals surface area contributed by atoms with Gasteiger partial charge in [0.15, 0.2) is 6.61 Å². The summed E-state index contributed by atoms with van der Waals surface area (Å²) < 4.78 is 21.6. The minimum absolute atomic E-state index is 0.0456. The number of carboxylic acids is 1. The summed E-state index contributed by atoms with van der Waals surface area (Å²) in [6.45, 7) is 0.437. The number of hydrogen-bond acceptors (Lipinski definition) is 3. The number of fused-ring (bicyclic) bond motifs is 3. The van der Waals surface area contributed by atoms with Gasteiger partial charge < -0.3 is 19.3 Å². The summed E-state index contributed by atoms with van der Waals surface area (Å²) in [6, 6.07) is 11.4. The first-order valence-electron chi connectivity index (χ1n) is 11.6. The van der Waals surface area contributed by atoms with Gasteiger partial charge in [-0.3, -0.25) is 9.59 Å². The van der Waals surface area contributed by atoms with Gasteiger partial charge in [-0.2, -0.15) is 0 Å². The summed E-state index contributed by atoms with van der Waals surface area (Å²) in [7, 11) is 0. The molecule has 1 fully saturated rings. The van der Waals surface area contributed by atoms with E-state index in [0.29, 0.717) is 36.1 Å². The highest BCUT2D eigenvalue weighted by Gasteiger charge is 2.35. The van der Waals surface area contributed by atoms with Crippen LogP contribution in [0.1, 0.15) is 30.5 Å². The summed E-state index contributed by atoms with van der Waals surface area (Å²) in [4.78, 5) is 26.7. The average Bonchev–Trinajstić information content (AvgIpc) is 3.59. The molecule has 178 valence electrons. The highest BCUT2D eigenvalue weighted by molar-refractivity contribution is 6.30. The average molecular weight is 485 g/mol. The van der Waals surface area contributed by atoms with Crippen LogP contribution in [0.4, 0.5) is 4.39 Å². The zero-order chi connectivity index (χ0) is 23.8. The number of carbonyl (C=O) groups is 2. The predicted octanol–water partition coefficient (Wildman–Crippen LogP) is 4.69. The summed E-state index contributed by atoms with van der Waals surface area (Å²) in [5.41, 5.74) is 2.59. The molecule has 34 heavy (non-hydrogen) atoms. The first-order chi connectivity index (χ1) is 16.4. The van der Waals surface area contributed by atoms with Crippen LogP contribution >= 0.6 is 11.6 Å². The molecule has 0 bridgehead atoms. The molecule has 3 aromatic rings. The smallest absolute Gasteiger partial charge is 0.323 e. The third-order valence-corrected chi connectivity index (χ3v) is 7.00. The lowest BCUT2D eigenvalue weighted by Gasteiger charge is -2.35.